The summed E-state index contributed by atoms with van der Waals surface area (Å²) in [4.78, 5) is 0. The van der Waals surface area contributed by atoms with Gasteiger partial charge >= 0.3 is 0 Å². The molecular formula is C16H30AcO3. The third-order valence-electron chi connectivity index (χ3n) is 6.04. The fourth-order valence-corrected chi connectivity index (χ4v) is 4.99. The minimum atomic E-state index is 0. The van der Waals surface area contributed by atoms with E-state index in [4.69, 9.17) is 6.54 Å². The van der Waals surface area contributed by atoms with Crippen molar-refractivity contribution in [3.05, 3.63) is 0 Å². The van der Waals surface area contributed by atoms with Gasteiger partial charge < -0.3 is 15.3 Å². The summed E-state index contributed by atoms with van der Waals surface area (Å²) in [6.45, 7) is 4.80. The quantitative estimate of drug-likeness (QED) is 0.526. The summed E-state index contributed by atoms with van der Waals surface area (Å²) in [6, 6.07) is 0. The molecule has 5 atom stereocenters. The number of aliphatic hydroxyl groups excluding tert-OH is 3. The van der Waals surface area contributed by atoms with E-state index >= 15 is 0 Å². The van der Waals surface area contributed by atoms with Gasteiger partial charge in [-0.3, -0.25) is 0 Å². The molecule has 2 fully saturated rings. The largest absolute Gasteiger partial charge is 0.396 e. The SMILES string of the molecule is [3H]O[C@H]1CCC[C@@]2(C)C1CC[C@@H]2[C@H](C)CC(CO)CO.[Ac]. The zero-order valence-corrected chi connectivity index (χ0v) is 17.7. The molecule has 3 N–H and O–H groups in total. The summed E-state index contributed by atoms with van der Waals surface area (Å²) in [5.41, 5.74) is 0.277. The molecule has 0 spiro atoms. The topological polar surface area (TPSA) is 60.7 Å². The Balaban J connectivity index is 0.00000220. The van der Waals surface area contributed by atoms with Crippen molar-refractivity contribution < 1.29 is 59.4 Å². The molecule has 1 unspecified atom stereocenters. The molecule has 115 valence electrons. The summed E-state index contributed by atoms with van der Waals surface area (Å²) in [7, 11) is 0. The third kappa shape index (κ3) is 3.80. The first kappa shape index (κ1) is 17.7. The van der Waals surface area contributed by atoms with Crippen LogP contribution in [-0.2, 0) is 0 Å². The molecular weight excluding hydrogens is 467 g/mol. The molecule has 0 heterocycles. The molecule has 0 aliphatic heterocycles. The molecule has 2 aliphatic rings. The normalized spacial score (nSPS) is 39.0. The average molecular weight is 499 g/mol. The van der Waals surface area contributed by atoms with E-state index in [-0.39, 0.29) is 74.7 Å². The molecule has 0 aromatic heterocycles. The van der Waals surface area contributed by atoms with Crippen LogP contribution in [0.3, 0.4) is 0 Å². The van der Waals surface area contributed by atoms with Gasteiger partial charge in [-0.2, -0.15) is 0 Å². The molecule has 2 saturated carbocycles. The first-order valence-electron chi connectivity index (χ1n) is 8.31. The molecule has 4 heteroatoms. The van der Waals surface area contributed by atoms with Gasteiger partial charge in [-0.05, 0) is 55.3 Å². The van der Waals surface area contributed by atoms with Crippen LogP contribution in [0.15, 0.2) is 0 Å². The van der Waals surface area contributed by atoms with E-state index in [9.17, 15) is 10.2 Å². The van der Waals surface area contributed by atoms with Gasteiger partial charge in [0.05, 0.1) is 6.10 Å². The van der Waals surface area contributed by atoms with Crippen molar-refractivity contribution in [1.29, 1.82) is 1.43 Å². The van der Waals surface area contributed by atoms with Crippen LogP contribution in [0.5, 0.6) is 0 Å². The maximum atomic E-state index is 9.29. The molecule has 0 aromatic carbocycles. The molecule has 2 aliphatic carbocycles. The van der Waals surface area contributed by atoms with Crippen molar-refractivity contribution >= 4 is 0 Å². The predicted molar refractivity (Wildman–Crippen MR) is 75.6 cm³/mol. The maximum Gasteiger partial charge on any atom is 0.210 e. The fraction of sp³-hybridized carbons (Fsp3) is 1.00. The Hall–Kier alpha value is 1.32. The Labute approximate surface area is 160 Å². The molecule has 2 rings (SSSR count). The Morgan fingerprint density at radius 1 is 1.25 bits per heavy atom. The van der Waals surface area contributed by atoms with Gasteiger partial charge in [-0.1, -0.05) is 20.3 Å². The van der Waals surface area contributed by atoms with Crippen molar-refractivity contribution in [3.8, 4) is 0 Å². The van der Waals surface area contributed by atoms with Gasteiger partial charge in [0.25, 0.3) is 0 Å². The fourth-order valence-electron chi connectivity index (χ4n) is 4.99. The van der Waals surface area contributed by atoms with Crippen LogP contribution < -0.4 is 0 Å². The van der Waals surface area contributed by atoms with Crippen molar-refractivity contribution in [2.45, 2.75) is 58.5 Å². The van der Waals surface area contributed by atoms with Crippen LogP contribution in [0.4, 0.5) is 0 Å². The Morgan fingerprint density at radius 2 is 1.95 bits per heavy atom. The van der Waals surface area contributed by atoms with Crippen LogP contribution in [0.25, 0.3) is 0 Å². The number of fused-ring (bicyclic) bond motifs is 1. The smallest absolute Gasteiger partial charge is 0.210 e. The second kappa shape index (κ2) is 8.25. The van der Waals surface area contributed by atoms with Gasteiger partial charge in [0.15, 0.2) is 0 Å². The molecule has 20 heavy (non-hydrogen) atoms. The van der Waals surface area contributed by atoms with Gasteiger partial charge in [-0.25, -0.2) is 0 Å². The third-order valence-corrected chi connectivity index (χ3v) is 6.04. The van der Waals surface area contributed by atoms with Crippen molar-refractivity contribution in [3.63, 3.8) is 0 Å². The van der Waals surface area contributed by atoms with E-state index in [1.54, 1.807) is 0 Å². The molecule has 1 radical (unpaired) electrons. The molecule has 3 nitrogen and oxygen atoms in total. The Kier molecular flexibility index (Phi) is 7.29. The van der Waals surface area contributed by atoms with Crippen LogP contribution >= 0.6 is 0 Å². The zero-order chi connectivity index (χ0) is 14.8. The molecule has 0 saturated heterocycles. The van der Waals surface area contributed by atoms with Crippen LogP contribution in [-0.4, -0.2) is 36.1 Å². The van der Waals surface area contributed by atoms with E-state index in [1.807, 2.05) is 0 Å². The second-order valence-corrected chi connectivity index (χ2v) is 7.17. The minimum absolute atomic E-state index is 0. The van der Waals surface area contributed by atoms with Crippen molar-refractivity contribution in [2.75, 3.05) is 13.2 Å². The summed E-state index contributed by atoms with van der Waals surface area (Å²) >= 11 is 0. The van der Waals surface area contributed by atoms with Gasteiger partial charge in [0.1, 0.15) is 0 Å². The zero-order valence-electron chi connectivity index (χ0n) is 13.9. The van der Waals surface area contributed by atoms with E-state index in [0.717, 1.165) is 25.7 Å². The van der Waals surface area contributed by atoms with E-state index in [0.29, 0.717) is 17.8 Å². The van der Waals surface area contributed by atoms with E-state index < -0.39 is 0 Å². The second-order valence-electron chi connectivity index (χ2n) is 7.17. The van der Waals surface area contributed by atoms with Crippen molar-refractivity contribution in [2.24, 2.45) is 29.1 Å². The first-order valence-corrected chi connectivity index (χ1v) is 7.90. The summed E-state index contributed by atoms with van der Waals surface area (Å²) < 4.78 is 7.32. The predicted octanol–water partition coefficient (Wildman–Crippen LogP) is 2.19. The number of hydrogen-bond acceptors (Lipinski definition) is 3. The number of rotatable bonds is 6. The Bertz CT molecular complexity index is 314. The molecule has 0 amide bonds. The van der Waals surface area contributed by atoms with E-state index in [1.165, 1.54) is 12.8 Å². The molecule has 0 aromatic rings. The van der Waals surface area contributed by atoms with Gasteiger partial charge in [0, 0.05) is 63.2 Å². The van der Waals surface area contributed by atoms with Gasteiger partial charge in [0.2, 0.25) is 1.43 Å². The first-order chi connectivity index (χ1) is 9.56. The number of aliphatic hydroxyl groups is 3. The minimum Gasteiger partial charge on any atom is -0.396 e. The van der Waals surface area contributed by atoms with Crippen molar-refractivity contribution in [1.82, 2.24) is 0 Å². The van der Waals surface area contributed by atoms with E-state index in [2.05, 4.69) is 13.8 Å². The van der Waals surface area contributed by atoms with Crippen LogP contribution in [0, 0.1) is 73.1 Å². The summed E-state index contributed by atoms with van der Waals surface area (Å²) in [5, 5.41) is 23.6. The van der Waals surface area contributed by atoms with Gasteiger partial charge in [-0.15, -0.1) is 0 Å². The Morgan fingerprint density at radius 3 is 2.55 bits per heavy atom. The summed E-state index contributed by atoms with van der Waals surface area (Å²) in [6.07, 6.45) is 6.78. The standard InChI is InChI=1S/C16H30O3.Ac/c1-11(8-12(9-17)10-18)13-5-6-14-15(19)4-3-7-16(13,14)2;/h11-15,17-19H,3-10H2,1-2H3;/t11-,13-,14?,15+,16-;/m1./s1/i19T;. The molecule has 0 bridgehead atoms. The van der Waals surface area contributed by atoms with Crippen LogP contribution in [0.1, 0.15) is 52.4 Å². The monoisotopic (exact) mass is 499 g/mol. The number of hydrogen-bond donors (Lipinski definition) is 3. The summed E-state index contributed by atoms with van der Waals surface area (Å²) in [5.74, 6) is 1.67. The van der Waals surface area contributed by atoms with Crippen LogP contribution in [0.2, 0.25) is 0 Å². The average Bonchev–Trinajstić information content (AvgIpc) is 2.81. The maximum absolute atomic E-state index is 9.29.